The van der Waals surface area contributed by atoms with Crippen molar-refractivity contribution < 1.29 is 4.79 Å². The topological polar surface area (TPSA) is 44.4 Å². The molecular weight excluding hydrogens is 202 g/mol. The fourth-order valence-electron chi connectivity index (χ4n) is 2.87. The summed E-state index contributed by atoms with van der Waals surface area (Å²) in [5.41, 5.74) is 0. The maximum absolute atomic E-state index is 11.8. The smallest absolute Gasteiger partial charge is 0.237 e. The van der Waals surface area contributed by atoms with Gasteiger partial charge in [0.15, 0.2) is 0 Å². The van der Waals surface area contributed by atoms with E-state index in [0.717, 1.165) is 26.1 Å². The number of likely N-dealkylation sites (N-methyl/N-ethyl adjacent to an activating group) is 1. The van der Waals surface area contributed by atoms with E-state index in [1.807, 2.05) is 0 Å². The van der Waals surface area contributed by atoms with E-state index in [1.54, 1.807) is 7.05 Å². The first-order valence-corrected chi connectivity index (χ1v) is 6.50. The summed E-state index contributed by atoms with van der Waals surface area (Å²) < 4.78 is 0. The van der Waals surface area contributed by atoms with Crippen LogP contribution in [-0.2, 0) is 4.79 Å². The van der Waals surface area contributed by atoms with Crippen molar-refractivity contribution in [2.45, 2.75) is 44.2 Å². The van der Waals surface area contributed by atoms with Crippen LogP contribution in [0.4, 0.5) is 0 Å². The molecule has 0 bridgehead atoms. The van der Waals surface area contributed by atoms with Gasteiger partial charge in [0.1, 0.15) is 0 Å². The molecule has 2 heterocycles. The van der Waals surface area contributed by atoms with Gasteiger partial charge in [-0.15, -0.1) is 0 Å². The first kappa shape index (κ1) is 11.9. The van der Waals surface area contributed by atoms with E-state index >= 15 is 0 Å². The van der Waals surface area contributed by atoms with Gasteiger partial charge in [-0.1, -0.05) is 6.42 Å². The number of hydrogen-bond acceptors (Lipinski definition) is 3. The second kappa shape index (κ2) is 5.64. The zero-order valence-electron chi connectivity index (χ0n) is 10.2. The molecule has 92 valence electrons. The Kier molecular flexibility index (Phi) is 4.18. The molecule has 2 N–H and O–H groups in total. The molecule has 2 aliphatic rings. The average molecular weight is 225 g/mol. The first-order valence-electron chi connectivity index (χ1n) is 6.50. The molecule has 0 aromatic heterocycles. The van der Waals surface area contributed by atoms with Crippen LogP contribution >= 0.6 is 0 Å². The van der Waals surface area contributed by atoms with Crippen molar-refractivity contribution in [1.82, 2.24) is 15.5 Å². The molecular formula is C12H23N3O. The highest BCUT2D eigenvalue weighted by molar-refractivity contribution is 5.81. The summed E-state index contributed by atoms with van der Waals surface area (Å²) >= 11 is 0. The highest BCUT2D eigenvalue weighted by atomic mass is 16.2. The quantitative estimate of drug-likeness (QED) is 0.728. The maximum Gasteiger partial charge on any atom is 0.237 e. The Labute approximate surface area is 97.8 Å². The lowest BCUT2D eigenvalue weighted by atomic mass is 10.0. The van der Waals surface area contributed by atoms with E-state index in [0.29, 0.717) is 6.04 Å². The molecule has 2 aliphatic heterocycles. The number of hydrogen-bond donors (Lipinski definition) is 2. The van der Waals surface area contributed by atoms with Crippen molar-refractivity contribution in [2.24, 2.45) is 0 Å². The van der Waals surface area contributed by atoms with Gasteiger partial charge in [-0.25, -0.2) is 0 Å². The standard InChI is InChI=1S/C12H23N3O/c1-13-12(16)11-6-2-3-8-15(11)9-10-5-4-7-14-10/h10-11,14H,2-9H2,1H3,(H,13,16)/t10-,11?/m0/s1. The van der Waals surface area contributed by atoms with Crippen LogP contribution < -0.4 is 10.6 Å². The zero-order chi connectivity index (χ0) is 11.4. The molecule has 0 aliphatic carbocycles. The van der Waals surface area contributed by atoms with E-state index in [4.69, 9.17) is 0 Å². The number of rotatable bonds is 3. The lowest BCUT2D eigenvalue weighted by Crippen LogP contribution is -2.52. The summed E-state index contributed by atoms with van der Waals surface area (Å²) in [5, 5.41) is 6.30. The van der Waals surface area contributed by atoms with E-state index < -0.39 is 0 Å². The Balaban J connectivity index is 1.90. The molecule has 16 heavy (non-hydrogen) atoms. The molecule has 1 unspecified atom stereocenters. The molecule has 2 rings (SSSR count). The Bertz CT molecular complexity index is 238. The predicted octanol–water partition coefficient (Wildman–Crippen LogP) is 0.339. The van der Waals surface area contributed by atoms with Crippen LogP contribution in [0, 0.1) is 0 Å². The molecule has 0 spiro atoms. The van der Waals surface area contributed by atoms with Crippen LogP contribution in [0.3, 0.4) is 0 Å². The maximum atomic E-state index is 11.8. The molecule has 0 aromatic carbocycles. The molecule has 2 atom stereocenters. The van der Waals surface area contributed by atoms with Crippen molar-refractivity contribution in [3.05, 3.63) is 0 Å². The summed E-state index contributed by atoms with van der Waals surface area (Å²) in [6, 6.07) is 0.714. The third kappa shape index (κ3) is 2.74. The third-order valence-electron chi connectivity index (χ3n) is 3.78. The summed E-state index contributed by atoms with van der Waals surface area (Å²) in [4.78, 5) is 14.1. The van der Waals surface area contributed by atoms with Gasteiger partial charge in [-0.3, -0.25) is 9.69 Å². The van der Waals surface area contributed by atoms with Crippen LogP contribution in [0.1, 0.15) is 32.1 Å². The van der Waals surface area contributed by atoms with Crippen molar-refractivity contribution in [3.63, 3.8) is 0 Å². The van der Waals surface area contributed by atoms with Gasteiger partial charge < -0.3 is 10.6 Å². The highest BCUT2D eigenvalue weighted by Crippen LogP contribution is 2.19. The number of carbonyl (C=O) groups excluding carboxylic acids is 1. The molecule has 0 radical (unpaired) electrons. The summed E-state index contributed by atoms with van der Waals surface area (Å²) in [7, 11) is 1.74. The van der Waals surface area contributed by atoms with E-state index in [-0.39, 0.29) is 11.9 Å². The number of nitrogens with zero attached hydrogens (tertiary/aromatic N) is 1. The number of carbonyl (C=O) groups is 1. The minimum Gasteiger partial charge on any atom is -0.358 e. The minimum atomic E-state index is 0.112. The second-order valence-corrected chi connectivity index (χ2v) is 4.91. The second-order valence-electron chi connectivity index (χ2n) is 4.91. The summed E-state index contributed by atoms with van der Waals surface area (Å²) in [6.45, 7) is 3.26. The Hall–Kier alpha value is -0.610. The first-order chi connectivity index (χ1) is 7.81. The number of piperidine rings is 1. The minimum absolute atomic E-state index is 0.112. The van der Waals surface area contributed by atoms with Gasteiger partial charge in [0.05, 0.1) is 6.04 Å². The SMILES string of the molecule is CNC(=O)C1CCCCN1C[C@@H]1CCCN1. The van der Waals surface area contributed by atoms with Gasteiger partial charge in [-0.2, -0.15) is 0 Å². The fourth-order valence-corrected chi connectivity index (χ4v) is 2.87. The normalized spacial score (nSPS) is 31.6. The Morgan fingerprint density at radius 2 is 2.25 bits per heavy atom. The molecule has 0 saturated carbocycles. The van der Waals surface area contributed by atoms with Crippen molar-refractivity contribution in [1.29, 1.82) is 0 Å². The predicted molar refractivity (Wildman–Crippen MR) is 64.3 cm³/mol. The van der Waals surface area contributed by atoms with Crippen molar-refractivity contribution in [2.75, 3.05) is 26.7 Å². The monoisotopic (exact) mass is 225 g/mol. The zero-order valence-corrected chi connectivity index (χ0v) is 10.2. The van der Waals surface area contributed by atoms with E-state index in [9.17, 15) is 4.79 Å². The van der Waals surface area contributed by atoms with E-state index in [1.165, 1.54) is 25.7 Å². The van der Waals surface area contributed by atoms with Crippen LogP contribution in [0.15, 0.2) is 0 Å². The van der Waals surface area contributed by atoms with Gasteiger partial charge in [-0.05, 0) is 38.8 Å². The number of nitrogens with one attached hydrogen (secondary N) is 2. The number of likely N-dealkylation sites (tertiary alicyclic amines) is 1. The Morgan fingerprint density at radius 3 is 2.94 bits per heavy atom. The van der Waals surface area contributed by atoms with Gasteiger partial charge >= 0.3 is 0 Å². The van der Waals surface area contributed by atoms with Gasteiger partial charge in [0, 0.05) is 19.6 Å². The van der Waals surface area contributed by atoms with Crippen molar-refractivity contribution in [3.8, 4) is 0 Å². The molecule has 2 saturated heterocycles. The molecule has 0 aromatic rings. The number of amides is 1. The van der Waals surface area contributed by atoms with E-state index in [2.05, 4.69) is 15.5 Å². The van der Waals surface area contributed by atoms with Gasteiger partial charge in [0.25, 0.3) is 0 Å². The fraction of sp³-hybridized carbons (Fsp3) is 0.917. The third-order valence-corrected chi connectivity index (χ3v) is 3.78. The van der Waals surface area contributed by atoms with Crippen LogP contribution in [0.25, 0.3) is 0 Å². The molecule has 4 heteroatoms. The molecule has 4 nitrogen and oxygen atoms in total. The van der Waals surface area contributed by atoms with Crippen LogP contribution in [-0.4, -0.2) is 49.6 Å². The van der Waals surface area contributed by atoms with Crippen LogP contribution in [0.2, 0.25) is 0 Å². The van der Waals surface area contributed by atoms with Crippen LogP contribution in [0.5, 0.6) is 0 Å². The Morgan fingerprint density at radius 1 is 1.38 bits per heavy atom. The lowest BCUT2D eigenvalue weighted by molar-refractivity contribution is -0.127. The lowest BCUT2D eigenvalue weighted by Gasteiger charge is -2.35. The largest absolute Gasteiger partial charge is 0.358 e. The average Bonchev–Trinajstić information content (AvgIpc) is 2.82. The van der Waals surface area contributed by atoms with Crippen molar-refractivity contribution >= 4 is 5.91 Å². The highest BCUT2D eigenvalue weighted by Gasteiger charge is 2.30. The van der Waals surface area contributed by atoms with Gasteiger partial charge in [0.2, 0.25) is 5.91 Å². The molecule has 2 fully saturated rings. The summed E-state index contributed by atoms with van der Waals surface area (Å²) in [6.07, 6.45) is 5.99. The molecule has 1 amide bonds. The summed E-state index contributed by atoms with van der Waals surface area (Å²) in [5.74, 6) is 0.192.